The Bertz CT molecular complexity index is 139. The van der Waals surface area contributed by atoms with Gasteiger partial charge in [0.05, 0.1) is 0 Å². The first-order valence-corrected chi connectivity index (χ1v) is 2.41. The minimum absolute atomic E-state index is 0. The summed E-state index contributed by atoms with van der Waals surface area (Å²) in [4.78, 5) is 0. The minimum atomic E-state index is 0. The second kappa shape index (κ2) is 6.30. The normalized spacial score (nSPS) is 6.78. The van der Waals surface area contributed by atoms with Crippen LogP contribution in [0.5, 0.6) is 0 Å². The van der Waals surface area contributed by atoms with Crippen LogP contribution in [-0.4, -0.2) is 35.0 Å². The average molecular weight is 134 g/mol. The van der Waals surface area contributed by atoms with E-state index in [1.165, 1.54) is 5.56 Å². The fraction of sp³-hybridized carbons (Fsp3) is 0.143. The van der Waals surface area contributed by atoms with Crippen LogP contribution >= 0.6 is 0 Å². The van der Waals surface area contributed by atoms with Crippen molar-refractivity contribution in [2.75, 3.05) is 0 Å². The van der Waals surface area contributed by atoms with Crippen LogP contribution in [0, 0.1) is 6.92 Å². The maximum atomic E-state index is 2.08. The number of rotatable bonds is 0. The summed E-state index contributed by atoms with van der Waals surface area (Å²) in [6.07, 6.45) is 0. The monoisotopic (exact) mass is 134 g/mol. The Morgan fingerprint density at radius 1 is 1.00 bits per heavy atom. The Morgan fingerprint density at radius 2 is 1.44 bits per heavy atom. The van der Waals surface area contributed by atoms with Gasteiger partial charge in [0.15, 0.2) is 0 Å². The fourth-order valence-corrected chi connectivity index (χ4v) is 0.534. The van der Waals surface area contributed by atoms with E-state index in [0.29, 0.717) is 0 Å². The third-order valence-electron chi connectivity index (χ3n) is 0.940. The molecule has 9 heavy (non-hydrogen) atoms. The summed E-state index contributed by atoms with van der Waals surface area (Å²) < 4.78 is 0. The van der Waals surface area contributed by atoms with Crippen LogP contribution in [0.25, 0.3) is 0 Å². The van der Waals surface area contributed by atoms with E-state index in [2.05, 4.69) is 19.1 Å². The molecule has 0 unspecified atom stereocenters. The molecule has 2 N–H and O–H groups in total. The number of benzene rings is 1. The molecule has 0 aliphatic heterocycles. The second-order valence-corrected chi connectivity index (χ2v) is 1.65. The molecule has 1 aromatic carbocycles. The van der Waals surface area contributed by atoms with Gasteiger partial charge in [0.2, 0.25) is 0 Å². The van der Waals surface area contributed by atoms with Crippen LogP contribution in [0.3, 0.4) is 0 Å². The Labute approximate surface area is 77.7 Å². The van der Waals surface area contributed by atoms with Gasteiger partial charge in [-0.3, -0.25) is 0 Å². The molecule has 1 aromatic rings. The molecule has 0 saturated carbocycles. The fourth-order valence-electron chi connectivity index (χ4n) is 0.534. The van der Waals surface area contributed by atoms with E-state index >= 15 is 0 Å². The zero-order chi connectivity index (χ0) is 5.11. The van der Waals surface area contributed by atoms with E-state index in [4.69, 9.17) is 0 Å². The summed E-state index contributed by atoms with van der Waals surface area (Å²) in [5, 5.41) is 0. The Balaban J connectivity index is 0. The molecule has 0 aliphatic rings. The maximum absolute atomic E-state index is 2.08. The van der Waals surface area contributed by atoms with Crippen molar-refractivity contribution in [3.05, 3.63) is 35.9 Å². The molecule has 46 valence electrons. The summed E-state index contributed by atoms with van der Waals surface area (Å²) in [6.45, 7) is 2.08. The molecule has 0 radical (unpaired) electrons. The predicted molar refractivity (Wildman–Crippen MR) is 41.9 cm³/mol. The van der Waals surface area contributed by atoms with Crippen LogP contribution in [0.15, 0.2) is 30.3 Å². The molecule has 2 heteroatoms. The third kappa shape index (κ3) is 4.67. The van der Waals surface area contributed by atoms with Gasteiger partial charge in [0.25, 0.3) is 0 Å². The molecular formula is C7H11NaO. The molecule has 1 rings (SSSR count). The van der Waals surface area contributed by atoms with Crippen LogP contribution in [0.1, 0.15) is 5.56 Å². The van der Waals surface area contributed by atoms with E-state index in [-0.39, 0.29) is 35.0 Å². The van der Waals surface area contributed by atoms with E-state index in [9.17, 15) is 0 Å². The van der Waals surface area contributed by atoms with Gasteiger partial charge >= 0.3 is 29.6 Å². The molecule has 0 aromatic heterocycles. The molecule has 0 atom stereocenters. The molecular weight excluding hydrogens is 123 g/mol. The van der Waals surface area contributed by atoms with Crippen LogP contribution in [-0.2, 0) is 0 Å². The summed E-state index contributed by atoms with van der Waals surface area (Å²) >= 11 is 0. The first-order chi connectivity index (χ1) is 3.39. The van der Waals surface area contributed by atoms with Gasteiger partial charge in [0, 0.05) is 0 Å². The Kier molecular flexibility index (Phi) is 8.34. The molecule has 1 nitrogen and oxygen atoms in total. The molecule has 0 aliphatic carbocycles. The van der Waals surface area contributed by atoms with E-state index in [1.54, 1.807) is 0 Å². The van der Waals surface area contributed by atoms with Crippen molar-refractivity contribution in [1.82, 2.24) is 0 Å². The predicted octanol–water partition coefficient (Wildman–Crippen LogP) is 0.522. The number of aryl methyl sites for hydroxylation is 1. The molecule has 0 fully saturated rings. The average Bonchev–Trinajstić information content (AvgIpc) is 1.69. The molecule has 0 heterocycles. The van der Waals surface area contributed by atoms with Gasteiger partial charge in [-0.15, -0.1) is 0 Å². The van der Waals surface area contributed by atoms with Crippen LogP contribution < -0.4 is 0 Å². The Morgan fingerprint density at radius 3 is 1.67 bits per heavy atom. The van der Waals surface area contributed by atoms with Crippen LogP contribution in [0.2, 0.25) is 0 Å². The first kappa shape index (κ1) is 11.9. The van der Waals surface area contributed by atoms with Gasteiger partial charge in [-0.2, -0.15) is 0 Å². The van der Waals surface area contributed by atoms with Crippen molar-refractivity contribution in [2.45, 2.75) is 6.92 Å². The van der Waals surface area contributed by atoms with Crippen LogP contribution in [0.4, 0.5) is 0 Å². The molecule has 0 spiro atoms. The zero-order valence-corrected chi connectivity index (χ0v) is 4.89. The molecule has 0 bridgehead atoms. The van der Waals surface area contributed by atoms with Crippen molar-refractivity contribution < 1.29 is 5.48 Å². The first-order valence-electron chi connectivity index (χ1n) is 2.41. The number of hydrogen-bond acceptors (Lipinski definition) is 0. The van der Waals surface area contributed by atoms with Crippen molar-refractivity contribution >= 4 is 29.6 Å². The van der Waals surface area contributed by atoms with Gasteiger partial charge in [0.1, 0.15) is 0 Å². The second-order valence-electron chi connectivity index (χ2n) is 1.65. The summed E-state index contributed by atoms with van der Waals surface area (Å²) in [6, 6.07) is 10.3. The SMILES string of the molecule is Cc1ccccc1.O.[NaH]. The van der Waals surface area contributed by atoms with E-state index in [1.807, 2.05) is 18.2 Å². The summed E-state index contributed by atoms with van der Waals surface area (Å²) in [7, 11) is 0. The summed E-state index contributed by atoms with van der Waals surface area (Å²) in [5.74, 6) is 0. The summed E-state index contributed by atoms with van der Waals surface area (Å²) in [5.41, 5.74) is 1.32. The van der Waals surface area contributed by atoms with Crippen molar-refractivity contribution in [3.8, 4) is 0 Å². The van der Waals surface area contributed by atoms with Gasteiger partial charge in [-0.1, -0.05) is 35.9 Å². The topological polar surface area (TPSA) is 31.5 Å². The molecule has 0 saturated heterocycles. The van der Waals surface area contributed by atoms with E-state index in [0.717, 1.165) is 0 Å². The third-order valence-corrected chi connectivity index (χ3v) is 0.940. The van der Waals surface area contributed by atoms with Crippen molar-refractivity contribution in [1.29, 1.82) is 0 Å². The van der Waals surface area contributed by atoms with Gasteiger partial charge in [-0.05, 0) is 6.92 Å². The van der Waals surface area contributed by atoms with Gasteiger partial charge < -0.3 is 5.48 Å². The van der Waals surface area contributed by atoms with Crippen molar-refractivity contribution in [3.63, 3.8) is 0 Å². The number of hydrogen-bond donors (Lipinski definition) is 0. The molecule has 0 amide bonds. The zero-order valence-electron chi connectivity index (χ0n) is 4.89. The van der Waals surface area contributed by atoms with E-state index < -0.39 is 0 Å². The standard InChI is InChI=1S/C7H8.Na.H2O.H/c1-7-5-3-2-4-6-7;;;/h2-6H,1H3;;1H2;. The Hall–Kier alpha value is 0.180. The van der Waals surface area contributed by atoms with Gasteiger partial charge in [-0.25, -0.2) is 0 Å². The van der Waals surface area contributed by atoms with Crippen molar-refractivity contribution in [2.24, 2.45) is 0 Å². The quantitative estimate of drug-likeness (QED) is 0.463.